The highest BCUT2D eigenvalue weighted by Crippen LogP contribution is 2.73. The van der Waals surface area contributed by atoms with Crippen molar-refractivity contribution in [3.8, 4) is 0 Å². The van der Waals surface area contributed by atoms with Crippen molar-refractivity contribution < 1.29 is 23.9 Å². The summed E-state index contributed by atoms with van der Waals surface area (Å²) in [6, 6.07) is 0. The van der Waals surface area contributed by atoms with Crippen LogP contribution >= 0.6 is 0 Å². The number of hydrogen-bond acceptors (Lipinski definition) is 5. The van der Waals surface area contributed by atoms with E-state index in [1.807, 2.05) is 0 Å². The Kier molecular flexibility index (Phi) is 3.83. The second-order valence-corrected chi connectivity index (χ2v) is 12.3. The highest BCUT2D eigenvalue weighted by atomic mass is 16.5. The molecule has 6 rings (SSSR count). The molecule has 0 N–H and O–H groups in total. The molecule has 0 aromatic carbocycles. The molecular formula is C26H34O5. The lowest BCUT2D eigenvalue weighted by Gasteiger charge is -2.68. The summed E-state index contributed by atoms with van der Waals surface area (Å²) in [6.45, 7) is 7.30. The quantitative estimate of drug-likeness (QED) is 0.544. The van der Waals surface area contributed by atoms with Gasteiger partial charge in [0.05, 0.1) is 17.6 Å². The van der Waals surface area contributed by atoms with E-state index in [9.17, 15) is 14.4 Å². The lowest BCUT2D eigenvalue weighted by Crippen LogP contribution is -2.67. The Hall–Kier alpha value is -1.49. The van der Waals surface area contributed by atoms with Crippen LogP contribution in [0.3, 0.4) is 0 Å². The molecular weight excluding hydrogens is 392 g/mol. The third-order valence-corrected chi connectivity index (χ3v) is 11.0. The fourth-order valence-electron chi connectivity index (χ4n) is 9.69. The van der Waals surface area contributed by atoms with Crippen molar-refractivity contribution in [2.24, 2.45) is 34.0 Å². The van der Waals surface area contributed by atoms with Crippen LogP contribution in [0.5, 0.6) is 0 Å². The Bertz CT molecular complexity index is 923. The molecule has 2 heterocycles. The van der Waals surface area contributed by atoms with Gasteiger partial charge in [-0.15, -0.1) is 0 Å². The van der Waals surface area contributed by atoms with Gasteiger partial charge in [0.2, 0.25) is 0 Å². The van der Waals surface area contributed by atoms with E-state index in [4.69, 9.17) is 9.47 Å². The van der Waals surface area contributed by atoms with E-state index in [0.29, 0.717) is 24.9 Å². The summed E-state index contributed by atoms with van der Waals surface area (Å²) in [5.74, 6) is 1.07. The standard InChI is InChI=1S/C26H34O5/c1-22-11-7-18-23(2)9-4-10-25(18,15-30-21(23)29)17(22)8-12-24(3)19(22)14-26(31-24)13-16(27)5-6-20(26)28/h5-6,17-19H,4,7-15H2,1-3H3/t17?,18?,19?,22-,23?,24+,25+,26-/m1/s1. The summed E-state index contributed by atoms with van der Waals surface area (Å²) < 4.78 is 12.5. The summed E-state index contributed by atoms with van der Waals surface area (Å²) in [5, 5.41) is 0. The van der Waals surface area contributed by atoms with Gasteiger partial charge in [-0.3, -0.25) is 14.4 Å². The second kappa shape index (κ2) is 5.89. The molecule has 2 aliphatic heterocycles. The fraction of sp³-hybridized carbons (Fsp3) is 0.808. The summed E-state index contributed by atoms with van der Waals surface area (Å²) >= 11 is 0. The van der Waals surface area contributed by atoms with Gasteiger partial charge in [0, 0.05) is 11.8 Å². The number of esters is 1. The molecule has 2 saturated heterocycles. The number of ketones is 2. The van der Waals surface area contributed by atoms with E-state index in [2.05, 4.69) is 20.8 Å². The Morgan fingerprint density at radius 3 is 2.48 bits per heavy atom. The Labute approximate surface area is 184 Å². The van der Waals surface area contributed by atoms with Crippen molar-refractivity contribution in [1.29, 1.82) is 0 Å². The maximum atomic E-state index is 13.0. The number of hydrogen-bond donors (Lipinski definition) is 0. The largest absolute Gasteiger partial charge is 0.465 e. The molecule has 4 aliphatic carbocycles. The van der Waals surface area contributed by atoms with Crippen LogP contribution < -0.4 is 0 Å². The van der Waals surface area contributed by atoms with Gasteiger partial charge in [0.15, 0.2) is 11.6 Å². The molecule has 1 spiro atoms. The topological polar surface area (TPSA) is 69.7 Å². The minimum atomic E-state index is -0.974. The first kappa shape index (κ1) is 20.1. The predicted octanol–water partition coefficient (Wildman–Crippen LogP) is 4.18. The highest BCUT2D eigenvalue weighted by molar-refractivity contribution is 6.09. The molecule has 2 bridgehead atoms. The van der Waals surface area contributed by atoms with Crippen LogP contribution in [0.15, 0.2) is 12.2 Å². The molecule has 5 fully saturated rings. The van der Waals surface area contributed by atoms with Gasteiger partial charge in [0.25, 0.3) is 0 Å². The van der Waals surface area contributed by atoms with E-state index in [1.165, 1.54) is 12.2 Å². The third-order valence-electron chi connectivity index (χ3n) is 11.0. The van der Waals surface area contributed by atoms with Gasteiger partial charge in [0.1, 0.15) is 5.60 Å². The van der Waals surface area contributed by atoms with Crippen molar-refractivity contribution in [3.05, 3.63) is 12.2 Å². The number of allylic oxidation sites excluding steroid dienone is 1. The number of carbonyl (C=O) groups excluding carboxylic acids is 3. The lowest BCUT2D eigenvalue weighted by molar-refractivity contribution is -0.252. The number of fused-ring (bicyclic) bond motifs is 3. The van der Waals surface area contributed by atoms with Gasteiger partial charge in [-0.1, -0.05) is 13.3 Å². The molecule has 6 aliphatic rings. The van der Waals surface area contributed by atoms with Crippen molar-refractivity contribution in [2.75, 3.05) is 6.61 Å². The molecule has 8 atom stereocenters. The molecule has 5 heteroatoms. The molecule has 0 aromatic rings. The van der Waals surface area contributed by atoms with E-state index >= 15 is 0 Å². The fourth-order valence-corrected chi connectivity index (χ4v) is 9.69. The molecule has 4 unspecified atom stereocenters. The molecule has 31 heavy (non-hydrogen) atoms. The number of rotatable bonds is 0. The van der Waals surface area contributed by atoms with Crippen molar-refractivity contribution in [1.82, 2.24) is 0 Å². The Morgan fingerprint density at radius 2 is 1.68 bits per heavy atom. The van der Waals surface area contributed by atoms with Crippen LogP contribution in [0.25, 0.3) is 0 Å². The average Bonchev–Trinajstić information content (AvgIpc) is 3.02. The molecule has 168 valence electrons. The van der Waals surface area contributed by atoms with Crippen LogP contribution in [0.1, 0.15) is 78.6 Å². The van der Waals surface area contributed by atoms with Crippen LogP contribution in [0.2, 0.25) is 0 Å². The molecule has 3 saturated carbocycles. The maximum Gasteiger partial charge on any atom is 0.312 e. The van der Waals surface area contributed by atoms with Crippen molar-refractivity contribution in [2.45, 2.75) is 89.8 Å². The normalized spacial score (nSPS) is 55.5. The summed E-state index contributed by atoms with van der Waals surface area (Å²) in [4.78, 5) is 38.0. The van der Waals surface area contributed by atoms with Gasteiger partial charge >= 0.3 is 5.97 Å². The SMILES string of the molecule is CC12CCC[C@@]3(COC1=O)C2CC[C@]1(C)C3CC[C@]2(C)O[C@]3(CC(=O)C=CC3=O)CC12. The average molecular weight is 427 g/mol. The third kappa shape index (κ3) is 2.29. The van der Waals surface area contributed by atoms with Crippen LogP contribution in [-0.2, 0) is 23.9 Å². The zero-order valence-corrected chi connectivity index (χ0v) is 19.0. The molecule has 0 amide bonds. The highest BCUT2D eigenvalue weighted by Gasteiger charge is 2.73. The van der Waals surface area contributed by atoms with Gasteiger partial charge < -0.3 is 9.47 Å². The summed E-state index contributed by atoms with van der Waals surface area (Å²) in [6.07, 6.45) is 10.9. The smallest absolute Gasteiger partial charge is 0.312 e. The zero-order chi connectivity index (χ0) is 21.9. The monoisotopic (exact) mass is 426 g/mol. The Balaban J connectivity index is 1.41. The van der Waals surface area contributed by atoms with E-state index in [0.717, 1.165) is 44.9 Å². The minimum Gasteiger partial charge on any atom is -0.465 e. The van der Waals surface area contributed by atoms with Crippen LogP contribution in [0, 0.1) is 34.0 Å². The van der Waals surface area contributed by atoms with Gasteiger partial charge in [-0.25, -0.2) is 0 Å². The van der Waals surface area contributed by atoms with Crippen molar-refractivity contribution >= 4 is 17.5 Å². The lowest BCUT2D eigenvalue weighted by atomic mass is 9.37. The van der Waals surface area contributed by atoms with E-state index in [1.54, 1.807) is 0 Å². The summed E-state index contributed by atoms with van der Waals surface area (Å²) in [7, 11) is 0. The zero-order valence-electron chi connectivity index (χ0n) is 19.0. The number of cyclic esters (lactones) is 1. The first-order valence-electron chi connectivity index (χ1n) is 12.2. The summed E-state index contributed by atoms with van der Waals surface area (Å²) in [5.41, 5.74) is -1.61. The molecule has 0 radical (unpaired) electrons. The molecule has 5 nitrogen and oxygen atoms in total. The van der Waals surface area contributed by atoms with Crippen molar-refractivity contribution in [3.63, 3.8) is 0 Å². The minimum absolute atomic E-state index is 0.00640. The van der Waals surface area contributed by atoms with Gasteiger partial charge in [-0.2, -0.15) is 0 Å². The Morgan fingerprint density at radius 1 is 0.903 bits per heavy atom. The van der Waals surface area contributed by atoms with E-state index in [-0.39, 0.29) is 51.7 Å². The molecule has 0 aromatic heterocycles. The second-order valence-electron chi connectivity index (χ2n) is 12.3. The predicted molar refractivity (Wildman–Crippen MR) is 113 cm³/mol. The number of carbonyl (C=O) groups is 3. The first-order chi connectivity index (χ1) is 14.6. The van der Waals surface area contributed by atoms with Crippen LogP contribution in [0.4, 0.5) is 0 Å². The maximum absolute atomic E-state index is 13.0. The number of ether oxygens (including phenoxy) is 2. The van der Waals surface area contributed by atoms with E-state index < -0.39 is 5.60 Å². The van der Waals surface area contributed by atoms with Crippen LogP contribution in [-0.4, -0.2) is 35.3 Å². The first-order valence-corrected chi connectivity index (χ1v) is 12.2. The van der Waals surface area contributed by atoms with Gasteiger partial charge in [-0.05, 0) is 94.1 Å².